The Hall–Kier alpha value is -3.45. The highest BCUT2D eigenvalue weighted by Gasteiger charge is 2.31. The number of fused-ring (bicyclic) bond motifs is 1. The van der Waals surface area contributed by atoms with Gasteiger partial charge in [0.2, 0.25) is 0 Å². The zero-order valence-corrected chi connectivity index (χ0v) is 20.6. The standard InChI is InChI=1S/C27H28FN3O2S/c1-17-5-6-18(2)23(13-17)29-26(34)31-30-24-15-27(3,4)33-25-12-11-21(14-22(24)25)32-16-19-7-9-20(28)10-8-19/h5-14H,15-16H2,1-4H3,(H2,29,31,34). The summed E-state index contributed by atoms with van der Waals surface area (Å²) in [6, 6.07) is 18.1. The lowest BCUT2D eigenvalue weighted by Crippen LogP contribution is -2.37. The fourth-order valence-corrected chi connectivity index (χ4v) is 3.89. The van der Waals surface area contributed by atoms with Crippen molar-refractivity contribution in [3.63, 3.8) is 0 Å². The summed E-state index contributed by atoms with van der Waals surface area (Å²) in [7, 11) is 0. The molecule has 0 fully saturated rings. The van der Waals surface area contributed by atoms with E-state index in [1.165, 1.54) is 12.1 Å². The average Bonchev–Trinajstić information content (AvgIpc) is 2.79. The maximum atomic E-state index is 13.1. The van der Waals surface area contributed by atoms with E-state index in [2.05, 4.69) is 28.0 Å². The van der Waals surface area contributed by atoms with E-state index >= 15 is 0 Å². The van der Waals surface area contributed by atoms with E-state index in [-0.39, 0.29) is 5.82 Å². The molecule has 34 heavy (non-hydrogen) atoms. The van der Waals surface area contributed by atoms with E-state index in [4.69, 9.17) is 21.7 Å². The lowest BCUT2D eigenvalue weighted by atomic mass is 9.92. The van der Waals surface area contributed by atoms with Crippen molar-refractivity contribution in [3.8, 4) is 11.5 Å². The molecular formula is C27H28FN3O2S. The van der Waals surface area contributed by atoms with E-state index in [1.807, 2.05) is 52.0 Å². The number of rotatable bonds is 5. The first-order chi connectivity index (χ1) is 16.2. The van der Waals surface area contributed by atoms with Crippen molar-refractivity contribution in [3.05, 3.63) is 88.7 Å². The molecule has 3 aromatic carbocycles. The topological polar surface area (TPSA) is 54.9 Å². The van der Waals surface area contributed by atoms with Gasteiger partial charge in [-0.05, 0) is 93.0 Å². The van der Waals surface area contributed by atoms with E-state index in [1.54, 1.807) is 12.1 Å². The second-order valence-electron chi connectivity index (χ2n) is 9.05. The molecule has 0 spiro atoms. The summed E-state index contributed by atoms with van der Waals surface area (Å²) >= 11 is 5.48. The van der Waals surface area contributed by atoms with Gasteiger partial charge < -0.3 is 14.8 Å². The second-order valence-corrected chi connectivity index (χ2v) is 9.46. The van der Waals surface area contributed by atoms with Crippen LogP contribution in [-0.2, 0) is 6.61 Å². The van der Waals surface area contributed by atoms with Crippen molar-refractivity contribution < 1.29 is 13.9 Å². The zero-order chi connectivity index (χ0) is 24.3. The third kappa shape index (κ3) is 5.91. The molecule has 0 amide bonds. The molecule has 4 rings (SSSR count). The number of benzene rings is 3. The number of nitrogens with zero attached hydrogens (tertiary/aromatic N) is 1. The number of ether oxygens (including phenoxy) is 2. The molecule has 5 nitrogen and oxygen atoms in total. The Kier molecular flexibility index (Phi) is 6.84. The lowest BCUT2D eigenvalue weighted by molar-refractivity contribution is 0.111. The third-order valence-corrected chi connectivity index (χ3v) is 5.69. The summed E-state index contributed by atoms with van der Waals surface area (Å²) < 4.78 is 25.2. The predicted octanol–water partition coefficient (Wildman–Crippen LogP) is 6.27. The van der Waals surface area contributed by atoms with E-state index < -0.39 is 5.60 Å². The Bertz CT molecular complexity index is 1240. The molecule has 1 aliphatic heterocycles. The molecule has 0 atom stereocenters. The number of halogens is 1. The smallest absolute Gasteiger partial charge is 0.191 e. The summed E-state index contributed by atoms with van der Waals surface area (Å²) in [5.74, 6) is 1.14. The van der Waals surface area contributed by atoms with Crippen molar-refractivity contribution in [1.82, 2.24) is 5.43 Å². The first kappa shape index (κ1) is 23.7. The predicted molar refractivity (Wildman–Crippen MR) is 138 cm³/mol. The molecule has 1 aliphatic rings. The van der Waals surface area contributed by atoms with Gasteiger partial charge >= 0.3 is 0 Å². The Morgan fingerprint density at radius 3 is 2.62 bits per heavy atom. The number of hydrazone groups is 1. The van der Waals surface area contributed by atoms with Crippen LogP contribution >= 0.6 is 12.2 Å². The number of hydrogen-bond acceptors (Lipinski definition) is 4. The number of aryl methyl sites for hydroxylation is 2. The fraction of sp³-hybridized carbons (Fsp3) is 0.259. The highest BCUT2D eigenvalue weighted by atomic mass is 32.1. The maximum absolute atomic E-state index is 13.1. The van der Waals surface area contributed by atoms with E-state index in [9.17, 15) is 4.39 Å². The third-order valence-electron chi connectivity index (χ3n) is 5.49. The van der Waals surface area contributed by atoms with Crippen LogP contribution in [0.3, 0.4) is 0 Å². The number of nitrogens with one attached hydrogen (secondary N) is 2. The van der Waals surface area contributed by atoms with Gasteiger partial charge in [0.25, 0.3) is 0 Å². The van der Waals surface area contributed by atoms with Crippen LogP contribution in [0.4, 0.5) is 10.1 Å². The first-order valence-electron chi connectivity index (χ1n) is 11.1. The van der Waals surface area contributed by atoms with Gasteiger partial charge in [0, 0.05) is 17.7 Å². The Balaban J connectivity index is 1.51. The number of thiocarbonyl (C=S) groups is 1. The van der Waals surface area contributed by atoms with Gasteiger partial charge in [0.05, 0.1) is 5.71 Å². The van der Waals surface area contributed by atoms with E-state index in [0.29, 0.717) is 23.9 Å². The molecule has 0 saturated heterocycles. The van der Waals surface area contributed by atoms with Crippen LogP contribution in [0, 0.1) is 19.7 Å². The summed E-state index contributed by atoms with van der Waals surface area (Å²) in [5.41, 5.74) is 8.32. The quantitative estimate of drug-likeness (QED) is 0.335. The minimum Gasteiger partial charge on any atom is -0.489 e. The molecule has 2 N–H and O–H groups in total. The van der Waals surface area contributed by atoms with Crippen molar-refractivity contribution in [2.24, 2.45) is 5.10 Å². The number of hydrogen-bond donors (Lipinski definition) is 2. The summed E-state index contributed by atoms with van der Waals surface area (Å²) in [6.07, 6.45) is 0.598. The fourth-order valence-electron chi connectivity index (χ4n) is 3.73. The SMILES string of the molecule is Cc1ccc(C)c(NC(=S)NN=C2CC(C)(C)Oc3ccc(OCc4ccc(F)cc4)cc32)c1. The van der Waals surface area contributed by atoms with Crippen LogP contribution in [0.5, 0.6) is 11.5 Å². The molecule has 0 saturated carbocycles. The molecular weight excluding hydrogens is 449 g/mol. The minimum absolute atomic E-state index is 0.268. The normalized spacial score (nSPS) is 15.3. The van der Waals surface area contributed by atoms with Gasteiger partial charge in [0.1, 0.15) is 29.5 Å². The molecule has 3 aromatic rings. The summed E-state index contributed by atoms with van der Waals surface area (Å²) in [5, 5.41) is 8.26. The lowest BCUT2D eigenvalue weighted by Gasteiger charge is -2.33. The van der Waals surface area contributed by atoms with Crippen LogP contribution in [0.25, 0.3) is 0 Å². The van der Waals surface area contributed by atoms with Crippen LogP contribution < -0.4 is 20.2 Å². The van der Waals surface area contributed by atoms with Gasteiger partial charge in [-0.15, -0.1) is 0 Å². The molecule has 0 bridgehead atoms. The summed E-state index contributed by atoms with van der Waals surface area (Å²) in [6.45, 7) is 8.45. The van der Waals surface area contributed by atoms with Crippen molar-refractivity contribution >= 4 is 28.7 Å². The molecule has 0 unspecified atom stereocenters. The second kappa shape index (κ2) is 9.81. The molecule has 0 aromatic heterocycles. The van der Waals surface area contributed by atoms with Gasteiger partial charge in [-0.25, -0.2) is 4.39 Å². The van der Waals surface area contributed by atoms with Gasteiger partial charge in [0.15, 0.2) is 5.11 Å². The highest BCUT2D eigenvalue weighted by molar-refractivity contribution is 7.80. The van der Waals surface area contributed by atoms with Crippen molar-refractivity contribution in [2.45, 2.75) is 46.3 Å². The Morgan fingerprint density at radius 1 is 1.09 bits per heavy atom. The van der Waals surface area contributed by atoms with Crippen LogP contribution in [-0.4, -0.2) is 16.4 Å². The maximum Gasteiger partial charge on any atom is 0.191 e. The first-order valence-corrected chi connectivity index (χ1v) is 11.5. The molecule has 0 aliphatic carbocycles. The molecule has 176 valence electrons. The molecule has 1 heterocycles. The summed E-state index contributed by atoms with van der Waals surface area (Å²) in [4.78, 5) is 0. The van der Waals surface area contributed by atoms with E-state index in [0.717, 1.165) is 39.4 Å². The van der Waals surface area contributed by atoms with Crippen LogP contribution in [0.1, 0.15) is 42.5 Å². The number of anilines is 1. The van der Waals surface area contributed by atoms with Gasteiger partial charge in [-0.3, -0.25) is 5.43 Å². The van der Waals surface area contributed by atoms with Gasteiger partial charge in [-0.2, -0.15) is 5.10 Å². The minimum atomic E-state index is -0.411. The van der Waals surface area contributed by atoms with Crippen molar-refractivity contribution in [1.29, 1.82) is 0 Å². The monoisotopic (exact) mass is 477 g/mol. The van der Waals surface area contributed by atoms with Crippen LogP contribution in [0.15, 0.2) is 65.8 Å². The zero-order valence-electron chi connectivity index (χ0n) is 19.7. The van der Waals surface area contributed by atoms with Crippen molar-refractivity contribution in [2.75, 3.05) is 5.32 Å². The average molecular weight is 478 g/mol. The Labute approximate surface area is 205 Å². The highest BCUT2D eigenvalue weighted by Crippen LogP contribution is 2.35. The molecule has 0 radical (unpaired) electrons. The van der Waals surface area contributed by atoms with Gasteiger partial charge in [-0.1, -0.05) is 24.3 Å². The van der Waals surface area contributed by atoms with Crippen LogP contribution in [0.2, 0.25) is 0 Å². The Morgan fingerprint density at radius 2 is 1.85 bits per heavy atom. The molecule has 7 heteroatoms. The largest absolute Gasteiger partial charge is 0.489 e.